The topological polar surface area (TPSA) is 56.8 Å². The van der Waals surface area contributed by atoms with E-state index in [4.69, 9.17) is 14.2 Å². The Morgan fingerprint density at radius 1 is 1.24 bits per heavy atom. The molecule has 1 heterocycles. The molecule has 3 fully saturated rings. The van der Waals surface area contributed by atoms with E-state index < -0.39 is 0 Å². The van der Waals surface area contributed by atoms with Gasteiger partial charge < -0.3 is 19.5 Å². The van der Waals surface area contributed by atoms with Crippen LogP contribution >= 0.6 is 0 Å². The Balaban J connectivity index is 1.55. The van der Waals surface area contributed by atoms with E-state index in [1.165, 1.54) is 18.4 Å². The van der Waals surface area contributed by atoms with Crippen molar-refractivity contribution < 1.29 is 19.0 Å². The van der Waals surface area contributed by atoms with Crippen LogP contribution in [-0.4, -0.2) is 38.9 Å². The van der Waals surface area contributed by atoms with Crippen LogP contribution in [0.15, 0.2) is 24.3 Å². The second kappa shape index (κ2) is 7.92. The molecule has 1 aromatic carbocycles. The average Bonchev–Trinajstić information content (AvgIpc) is 3.21. The minimum atomic E-state index is 0.0962. The van der Waals surface area contributed by atoms with Gasteiger partial charge >= 0.3 is 0 Å². The van der Waals surface area contributed by atoms with Gasteiger partial charge in [0.25, 0.3) is 0 Å². The first kappa shape index (κ1) is 20.7. The standard InChI is InChI=1S/C24H35NO4/c1-5-20(26)25-22-23(2,3)17-14-19-21(29-11-10-24(19,22)15-17)16-6-8-18(9-7-16)28-13-12-27-4/h6-9,17,19,21-22H,5,10-15H2,1-4H3,(H,25,26)/t17-,19-,21-,22+,24-/m1/s1. The van der Waals surface area contributed by atoms with Gasteiger partial charge in [0.15, 0.2) is 0 Å². The number of hydrogen-bond donors (Lipinski definition) is 1. The van der Waals surface area contributed by atoms with Crippen molar-refractivity contribution in [2.24, 2.45) is 22.7 Å². The predicted molar refractivity (Wildman–Crippen MR) is 112 cm³/mol. The number of benzene rings is 1. The molecule has 5 heteroatoms. The maximum absolute atomic E-state index is 12.3. The van der Waals surface area contributed by atoms with Gasteiger partial charge in [0.1, 0.15) is 12.4 Å². The average molecular weight is 402 g/mol. The molecule has 5 nitrogen and oxygen atoms in total. The lowest BCUT2D eigenvalue weighted by atomic mass is 9.59. The number of fused-ring (bicyclic) bond motifs is 1. The molecule has 5 atom stereocenters. The Morgan fingerprint density at radius 2 is 2.00 bits per heavy atom. The van der Waals surface area contributed by atoms with E-state index in [2.05, 4.69) is 31.3 Å². The molecule has 1 spiro atoms. The number of hydrogen-bond acceptors (Lipinski definition) is 4. The molecule has 0 unspecified atom stereocenters. The molecule has 0 radical (unpaired) electrons. The monoisotopic (exact) mass is 401 g/mol. The molecule has 29 heavy (non-hydrogen) atoms. The van der Waals surface area contributed by atoms with Gasteiger partial charge in [-0.25, -0.2) is 0 Å². The van der Waals surface area contributed by atoms with Crippen molar-refractivity contribution in [3.05, 3.63) is 29.8 Å². The summed E-state index contributed by atoms with van der Waals surface area (Å²) in [5, 5.41) is 3.42. The maximum atomic E-state index is 12.3. The van der Waals surface area contributed by atoms with E-state index in [0.717, 1.165) is 18.8 Å². The molecule has 160 valence electrons. The van der Waals surface area contributed by atoms with Crippen molar-refractivity contribution >= 4 is 5.91 Å². The van der Waals surface area contributed by atoms with Crippen LogP contribution in [0, 0.1) is 22.7 Å². The van der Waals surface area contributed by atoms with Gasteiger partial charge in [-0.3, -0.25) is 4.79 Å². The summed E-state index contributed by atoms with van der Waals surface area (Å²) < 4.78 is 17.1. The molecule has 1 saturated heterocycles. The number of rotatable bonds is 7. The number of amides is 1. The largest absolute Gasteiger partial charge is 0.491 e. The number of carbonyl (C=O) groups excluding carboxylic acids is 1. The summed E-state index contributed by atoms with van der Waals surface area (Å²) in [6, 6.07) is 8.58. The van der Waals surface area contributed by atoms with Crippen LogP contribution in [-0.2, 0) is 14.3 Å². The third-order valence-electron chi connectivity index (χ3n) is 7.90. The second-order valence-electron chi connectivity index (χ2n) is 9.60. The van der Waals surface area contributed by atoms with Crippen LogP contribution in [0.3, 0.4) is 0 Å². The highest BCUT2D eigenvalue weighted by molar-refractivity contribution is 5.76. The first-order valence-electron chi connectivity index (χ1n) is 11.0. The molecule has 2 saturated carbocycles. The Morgan fingerprint density at radius 3 is 2.69 bits per heavy atom. The Kier molecular flexibility index (Phi) is 5.64. The fourth-order valence-corrected chi connectivity index (χ4v) is 6.38. The normalized spacial score (nSPS) is 34.6. The van der Waals surface area contributed by atoms with Crippen LogP contribution in [0.4, 0.5) is 0 Å². The van der Waals surface area contributed by atoms with Crippen LogP contribution in [0.1, 0.15) is 58.1 Å². The maximum Gasteiger partial charge on any atom is 0.219 e. The van der Waals surface area contributed by atoms with Gasteiger partial charge in [-0.15, -0.1) is 0 Å². The predicted octanol–water partition coefficient (Wildman–Crippen LogP) is 4.12. The fraction of sp³-hybridized carbons (Fsp3) is 0.708. The van der Waals surface area contributed by atoms with E-state index in [-0.39, 0.29) is 28.9 Å². The number of methoxy groups -OCH3 is 1. The molecule has 0 aromatic heterocycles. The fourth-order valence-electron chi connectivity index (χ4n) is 6.38. The zero-order valence-corrected chi connectivity index (χ0v) is 18.2. The van der Waals surface area contributed by atoms with Crippen molar-refractivity contribution in [2.75, 3.05) is 26.9 Å². The van der Waals surface area contributed by atoms with E-state index in [0.29, 0.717) is 31.5 Å². The SMILES string of the molecule is CCC(=O)N[C@H]1C(C)(C)[C@@H]2C[C@@H]3[C@@H](c4ccc(OCCOC)cc4)OCC[C@@]31C2. The van der Waals surface area contributed by atoms with E-state index in [9.17, 15) is 4.79 Å². The lowest BCUT2D eigenvalue weighted by Crippen LogP contribution is -2.58. The van der Waals surface area contributed by atoms with Crippen molar-refractivity contribution in [1.82, 2.24) is 5.32 Å². The number of ether oxygens (including phenoxy) is 3. The molecule has 2 bridgehead atoms. The molecule has 4 rings (SSSR count). The molecule has 1 amide bonds. The summed E-state index contributed by atoms with van der Waals surface area (Å²) in [7, 11) is 1.68. The zero-order valence-electron chi connectivity index (χ0n) is 18.2. The summed E-state index contributed by atoms with van der Waals surface area (Å²) in [5.41, 5.74) is 1.51. The first-order valence-corrected chi connectivity index (χ1v) is 11.0. The Hall–Kier alpha value is -1.59. The van der Waals surface area contributed by atoms with Crippen LogP contribution in [0.25, 0.3) is 0 Å². The Bertz CT molecular complexity index is 731. The quantitative estimate of drug-likeness (QED) is 0.698. The number of nitrogens with one attached hydrogen (secondary N) is 1. The summed E-state index contributed by atoms with van der Waals surface area (Å²) in [4.78, 5) is 12.3. The third kappa shape index (κ3) is 3.46. The summed E-state index contributed by atoms with van der Waals surface area (Å²) in [6.45, 7) is 8.53. The minimum Gasteiger partial charge on any atom is -0.491 e. The molecule has 2 aliphatic carbocycles. The van der Waals surface area contributed by atoms with Crippen molar-refractivity contribution in [1.29, 1.82) is 0 Å². The van der Waals surface area contributed by atoms with Gasteiger partial charge in [0, 0.05) is 26.2 Å². The van der Waals surface area contributed by atoms with Crippen molar-refractivity contribution in [3.8, 4) is 5.75 Å². The molecule has 1 N–H and O–H groups in total. The van der Waals surface area contributed by atoms with E-state index >= 15 is 0 Å². The van der Waals surface area contributed by atoms with E-state index in [1.54, 1.807) is 7.11 Å². The van der Waals surface area contributed by atoms with Gasteiger partial charge in [-0.1, -0.05) is 32.9 Å². The van der Waals surface area contributed by atoms with Crippen molar-refractivity contribution in [2.45, 2.75) is 58.6 Å². The Labute approximate surface area is 174 Å². The number of carbonyl (C=O) groups is 1. The molecule has 3 aliphatic rings. The van der Waals surface area contributed by atoms with Crippen LogP contribution in [0.2, 0.25) is 0 Å². The first-order chi connectivity index (χ1) is 13.9. The summed E-state index contributed by atoms with van der Waals surface area (Å²) in [6.07, 6.45) is 4.07. The van der Waals surface area contributed by atoms with Gasteiger partial charge in [0.05, 0.1) is 12.7 Å². The highest BCUT2D eigenvalue weighted by Gasteiger charge is 2.68. The van der Waals surface area contributed by atoms with Gasteiger partial charge in [-0.05, 0) is 59.6 Å². The lowest BCUT2D eigenvalue weighted by molar-refractivity contribution is -0.137. The highest BCUT2D eigenvalue weighted by atomic mass is 16.5. The zero-order chi connectivity index (χ0) is 20.6. The summed E-state index contributed by atoms with van der Waals surface area (Å²) >= 11 is 0. The summed E-state index contributed by atoms with van der Waals surface area (Å²) in [5.74, 6) is 2.12. The molecule has 1 aromatic rings. The smallest absolute Gasteiger partial charge is 0.219 e. The lowest BCUT2D eigenvalue weighted by Gasteiger charge is -2.53. The van der Waals surface area contributed by atoms with Gasteiger partial charge in [-0.2, -0.15) is 0 Å². The molecular formula is C24H35NO4. The minimum absolute atomic E-state index is 0.0962. The van der Waals surface area contributed by atoms with E-state index in [1.807, 2.05) is 19.1 Å². The second-order valence-corrected chi connectivity index (χ2v) is 9.60. The van der Waals surface area contributed by atoms with Crippen molar-refractivity contribution in [3.63, 3.8) is 0 Å². The van der Waals surface area contributed by atoms with Crippen LogP contribution < -0.4 is 10.1 Å². The molecule has 1 aliphatic heterocycles. The molecular weight excluding hydrogens is 366 g/mol. The highest BCUT2D eigenvalue weighted by Crippen LogP contribution is 2.70. The third-order valence-corrected chi connectivity index (χ3v) is 7.90. The van der Waals surface area contributed by atoms with Crippen LogP contribution in [0.5, 0.6) is 5.75 Å². The van der Waals surface area contributed by atoms with Gasteiger partial charge in [0.2, 0.25) is 5.91 Å².